The summed E-state index contributed by atoms with van der Waals surface area (Å²) in [4.78, 5) is 36.1. The number of hydrogen-bond acceptors (Lipinski definition) is 5. The van der Waals surface area contributed by atoms with E-state index in [0.29, 0.717) is 27.6 Å². The molecule has 1 unspecified atom stereocenters. The molecule has 0 fully saturated rings. The van der Waals surface area contributed by atoms with E-state index in [0.717, 1.165) is 0 Å². The number of ketones is 1. The lowest BCUT2D eigenvalue weighted by Gasteiger charge is -2.13. The molecule has 2 aromatic carbocycles. The van der Waals surface area contributed by atoms with Gasteiger partial charge in [-0.15, -0.1) is 0 Å². The van der Waals surface area contributed by atoms with Crippen LogP contribution in [0.25, 0.3) is 11.3 Å². The molecule has 1 amide bonds. The quantitative estimate of drug-likeness (QED) is 0.456. The number of carbonyl (C=O) groups is 3. The molecule has 3 rings (SSSR count). The topological polar surface area (TPSA) is 85.6 Å². The Labute approximate surface area is 172 Å². The molecule has 148 valence electrons. The van der Waals surface area contributed by atoms with Crippen LogP contribution in [0.5, 0.6) is 0 Å². The summed E-state index contributed by atoms with van der Waals surface area (Å²) in [7, 11) is 0. The van der Waals surface area contributed by atoms with E-state index >= 15 is 0 Å². The fraction of sp³-hybridized carbons (Fsp3) is 0.136. The van der Waals surface area contributed by atoms with Crippen LogP contribution in [0, 0.1) is 0 Å². The minimum Gasteiger partial charge on any atom is -0.449 e. The van der Waals surface area contributed by atoms with E-state index < -0.39 is 18.0 Å². The average molecular weight is 412 g/mol. The second-order valence-electron chi connectivity index (χ2n) is 6.32. The van der Waals surface area contributed by atoms with Crippen molar-refractivity contribution in [3.05, 3.63) is 77.0 Å². The first-order valence-electron chi connectivity index (χ1n) is 8.82. The Hall–Kier alpha value is -3.38. The van der Waals surface area contributed by atoms with Gasteiger partial charge in [-0.1, -0.05) is 35.9 Å². The van der Waals surface area contributed by atoms with E-state index in [9.17, 15) is 14.4 Å². The molecule has 1 atom stereocenters. The summed E-state index contributed by atoms with van der Waals surface area (Å²) in [5.74, 6) is -1.05. The molecule has 29 heavy (non-hydrogen) atoms. The molecule has 1 N–H and O–H groups in total. The summed E-state index contributed by atoms with van der Waals surface area (Å²) < 4.78 is 10.7. The zero-order valence-corrected chi connectivity index (χ0v) is 16.5. The normalized spacial score (nSPS) is 11.6. The number of carbonyl (C=O) groups excluding carboxylic acids is 3. The van der Waals surface area contributed by atoms with E-state index in [-0.39, 0.29) is 11.5 Å². The van der Waals surface area contributed by atoms with Crippen molar-refractivity contribution in [1.29, 1.82) is 0 Å². The van der Waals surface area contributed by atoms with Crippen molar-refractivity contribution in [2.75, 3.05) is 5.32 Å². The van der Waals surface area contributed by atoms with Gasteiger partial charge in [0, 0.05) is 16.8 Å². The standard InChI is InChI=1S/C22H18ClNO5/c1-13(25)15-6-5-7-16(12-15)24-21(26)14(2)28-22(27)20-11-10-19(29-20)17-8-3-4-9-18(17)23/h3-12,14H,1-2H3,(H,24,26). The van der Waals surface area contributed by atoms with Crippen LogP contribution in [0.15, 0.2) is 65.1 Å². The molecular weight excluding hydrogens is 394 g/mol. The Morgan fingerprint density at radius 1 is 1.03 bits per heavy atom. The maximum atomic E-state index is 12.3. The monoisotopic (exact) mass is 411 g/mol. The molecular formula is C22H18ClNO5. The molecule has 0 radical (unpaired) electrons. The number of Topliss-reactive ketones (excluding diaryl/α,β-unsaturated/α-hetero) is 1. The highest BCUT2D eigenvalue weighted by Crippen LogP contribution is 2.29. The molecule has 1 heterocycles. The maximum Gasteiger partial charge on any atom is 0.375 e. The zero-order valence-electron chi connectivity index (χ0n) is 15.8. The van der Waals surface area contributed by atoms with Crippen LogP contribution < -0.4 is 5.32 Å². The van der Waals surface area contributed by atoms with Crippen LogP contribution in [-0.2, 0) is 9.53 Å². The second-order valence-corrected chi connectivity index (χ2v) is 6.72. The van der Waals surface area contributed by atoms with Gasteiger partial charge in [-0.05, 0) is 50.2 Å². The van der Waals surface area contributed by atoms with Gasteiger partial charge >= 0.3 is 5.97 Å². The molecule has 0 aliphatic carbocycles. The predicted octanol–water partition coefficient (Wildman–Crippen LogP) is 4.99. The number of rotatable bonds is 6. The number of ether oxygens (including phenoxy) is 1. The summed E-state index contributed by atoms with van der Waals surface area (Å²) >= 11 is 6.13. The molecule has 0 aliphatic heterocycles. The van der Waals surface area contributed by atoms with Gasteiger partial charge in [-0.3, -0.25) is 9.59 Å². The molecule has 1 aromatic heterocycles. The number of nitrogens with one attached hydrogen (secondary N) is 1. The molecule has 0 spiro atoms. The molecule has 3 aromatic rings. The molecule has 0 saturated carbocycles. The van der Waals surface area contributed by atoms with Gasteiger partial charge in [0.25, 0.3) is 5.91 Å². The Morgan fingerprint density at radius 2 is 1.79 bits per heavy atom. The van der Waals surface area contributed by atoms with E-state index in [1.807, 2.05) is 0 Å². The minimum absolute atomic E-state index is 0.0434. The molecule has 0 bridgehead atoms. The Morgan fingerprint density at radius 3 is 2.52 bits per heavy atom. The first kappa shape index (κ1) is 20.4. The van der Waals surface area contributed by atoms with Crippen LogP contribution >= 0.6 is 11.6 Å². The van der Waals surface area contributed by atoms with Crippen LogP contribution in [0.2, 0.25) is 5.02 Å². The van der Waals surface area contributed by atoms with Crippen LogP contribution in [0.4, 0.5) is 5.69 Å². The smallest absolute Gasteiger partial charge is 0.375 e. The number of furan rings is 1. The number of halogens is 1. The van der Waals surface area contributed by atoms with Crippen molar-refractivity contribution in [2.24, 2.45) is 0 Å². The summed E-state index contributed by atoms with van der Waals surface area (Å²) in [5.41, 5.74) is 1.55. The van der Waals surface area contributed by atoms with Crippen molar-refractivity contribution in [2.45, 2.75) is 20.0 Å². The van der Waals surface area contributed by atoms with Crippen molar-refractivity contribution < 1.29 is 23.5 Å². The van der Waals surface area contributed by atoms with Gasteiger partial charge in [-0.25, -0.2) is 4.79 Å². The lowest BCUT2D eigenvalue weighted by molar-refractivity contribution is -0.123. The van der Waals surface area contributed by atoms with E-state index in [1.165, 1.54) is 19.9 Å². The molecule has 0 saturated heterocycles. The van der Waals surface area contributed by atoms with E-state index in [4.69, 9.17) is 20.8 Å². The summed E-state index contributed by atoms with van der Waals surface area (Å²) in [5, 5.41) is 3.10. The van der Waals surface area contributed by atoms with Crippen LogP contribution in [0.1, 0.15) is 34.8 Å². The van der Waals surface area contributed by atoms with Crippen molar-refractivity contribution in [3.63, 3.8) is 0 Å². The number of esters is 1. The lowest BCUT2D eigenvalue weighted by atomic mass is 10.1. The van der Waals surface area contributed by atoms with Crippen molar-refractivity contribution in [3.8, 4) is 11.3 Å². The molecule has 7 heteroatoms. The molecule has 6 nitrogen and oxygen atoms in total. The van der Waals surface area contributed by atoms with Crippen LogP contribution in [-0.4, -0.2) is 23.8 Å². The van der Waals surface area contributed by atoms with Crippen molar-refractivity contribution in [1.82, 2.24) is 0 Å². The highest BCUT2D eigenvalue weighted by Gasteiger charge is 2.22. The first-order valence-corrected chi connectivity index (χ1v) is 9.20. The SMILES string of the molecule is CC(=O)c1cccc(NC(=O)C(C)OC(=O)c2ccc(-c3ccccc3Cl)o2)c1. The first-order chi connectivity index (χ1) is 13.8. The highest BCUT2D eigenvalue weighted by molar-refractivity contribution is 6.33. The maximum absolute atomic E-state index is 12.3. The highest BCUT2D eigenvalue weighted by atomic mass is 35.5. The zero-order chi connectivity index (χ0) is 21.0. The predicted molar refractivity (Wildman–Crippen MR) is 109 cm³/mol. The third-order valence-corrected chi connectivity index (χ3v) is 4.47. The van der Waals surface area contributed by atoms with Gasteiger partial charge in [0.1, 0.15) is 5.76 Å². The average Bonchev–Trinajstić information content (AvgIpc) is 3.18. The van der Waals surface area contributed by atoms with Gasteiger partial charge in [-0.2, -0.15) is 0 Å². The van der Waals surface area contributed by atoms with Gasteiger partial charge in [0.15, 0.2) is 11.9 Å². The van der Waals surface area contributed by atoms with Gasteiger partial charge < -0.3 is 14.5 Å². The van der Waals surface area contributed by atoms with E-state index in [2.05, 4.69) is 5.32 Å². The summed E-state index contributed by atoms with van der Waals surface area (Å²) in [6.07, 6.45) is -1.07. The minimum atomic E-state index is -1.07. The number of hydrogen-bond donors (Lipinski definition) is 1. The summed E-state index contributed by atoms with van der Waals surface area (Å²) in [6.45, 7) is 2.88. The number of amides is 1. The number of benzene rings is 2. The summed E-state index contributed by atoms with van der Waals surface area (Å²) in [6, 6.07) is 16.6. The lowest BCUT2D eigenvalue weighted by Crippen LogP contribution is -2.29. The number of anilines is 1. The fourth-order valence-electron chi connectivity index (χ4n) is 2.59. The van der Waals surface area contributed by atoms with E-state index in [1.54, 1.807) is 54.6 Å². The van der Waals surface area contributed by atoms with Crippen LogP contribution in [0.3, 0.4) is 0 Å². The second kappa shape index (κ2) is 8.75. The Bertz CT molecular complexity index is 1070. The largest absolute Gasteiger partial charge is 0.449 e. The van der Waals surface area contributed by atoms with Crippen molar-refractivity contribution >= 4 is 34.9 Å². The van der Waals surface area contributed by atoms with Gasteiger partial charge in [0.05, 0.1) is 5.02 Å². The Kier molecular flexibility index (Phi) is 6.14. The molecule has 0 aliphatic rings. The Balaban J connectivity index is 1.65. The van der Waals surface area contributed by atoms with Gasteiger partial charge in [0.2, 0.25) is 5.76 Å². The fourth-order valence-corrected chi connectivity index (χ4v) is 2.81. The third-order valence-electron chi connectivity index (χ3n) is 4.14. The third kappa shape index (κ3) is 4.92.